The summed E-state index contributed by atoms with van der Waals surface area (Å²) in [5.41, 5.74) is 2.60. The summed E-state index contributed by atoms with van der Waals surface area (Å²) < 4.78 is 13.7. The van der Waals surface area contributed by atoms with Crippen LogP contribution in [0.5, 0.6) is 0 Å². The molecule has 3 rings (SSSR count). The number of halogens is 1. The van der Waals surface area contributed by atoms with E-state index < -0.39 is 0 Å². The normalized spacial score (nSPS) is 12.5. The molecule has 2 N–H and O–H groups in total. The lowest BCUT2D eigenvalue weighted by Crippen LogP contribution is -2.32. The van der Waals surface area contributed by atoms with Crippen molar-refractivity contribution in [2.75, 3.05) is 0 Å². The second-order valence-corrected chi connectivity index (χ2v) is 6.30. The van der Waals surface area contributed by atoms with Crippen LogP contribution in [0.3, 0.4) is 0 Å². The minimum absolute atomic E-state index is 0.129. The third kappa shape index (κ3) is 3.15. The van der Waals surface area contributed by atoms with Gasteiger partial charge in [0.25, 0.3) is 5.91 Å². The number of nitrogens with zero attached hydrogens (tertiary/aromatic N) is 1. The number of H-pyrrole nitrogens is 1. The average Bonchev–Trinajstić information content (AvgIpc) is 2.98. The third-order valence-corrected chi connectivity index (χ3v) is 4.09. The van der Waals surface area contributed by atoms with E-state index >= 15 is 0 Å². The summed E-state index contributed by atoms with van der Waals surface area (Å²) in [4.78, 5) is 20.3. The van der Waals surface area contributed by atoms with E-state index in [1.165, 1.54) is 6.07 Å². The zero-order valence-corrected chi connectivity index (χ0v) is 13.9. The predicted octanol–water partition coefficient (Wildman–Crippen LogP) is 4.14. The SMILES string of the molecule is Cc1ccc(C(=O)N[C@@H](c2nc3ccccc3[nH]2)C(C)C)cc1F. The first-order valence-corrected chi connectivity index (χ1v) is 7.97. The molecule has 0 fully saturated rings. The van der Waals surface area contributed by atoms with E-state index in [0.29, 0.717) is 17.0 Å². The summed E-state index contributed by atoms with van der Waals surface area (Å²) in [6, 6.07) is 11.9. The molecule has 4 nitrogen and oxygen atoms in total. The van der Waals surface area contributed by atoms with Crippen molar-refractivity contribution < 1.29 is 9.18 Å². The molecule has 1 aromatic heterocycles. The van der Waals surface area contributed by atoms with E-state index in [-0.39, 0.29) is 23.7 Å². The molecule has 5 heteroatoms. The van der Waals surface area contributed by atoms with Crippen LogP contribution in [0, 0.1) is 18.7 Å². The van der Waals surface area contributed by atoms with Gasteiger partial charge >= 0.3 is 0 Å². The van der Waals surface area contributed by atoms with Crippen LogP contribution in [-0.2, 0) is 0 Å². The van der Waals surface area contributed by atoms with Crippen LogP contribution in [0.4, 0.5) is 4.39 Å². The van der Waals surface area contributed by atoms with E-state index in [4.69, 9.17) is 0 Å². The Labute approximate surface area is 140 Å². The molecule has 24 heavy (non-hydrogen) atoms. The van der Waals surface area contributed by atoms with E-state index in [0.717, 1.165) is 11.0 Å². The third-order valence-electron chi connectivity index (χ3n) is 4.09. The van der Waals surface area contributed by atoms with E-state index in [2.05, 4.69) is 15.3 Å². The molecule has 0 aliphatic heterocycles. The van der Waals surface area contributed by atoms with Crippen LogP contribution in [-0.4, -0.2) is 15.9 Å². The van der Waals surface area contributed by atoms with Crippen molar-refractivity contribution in [1.82, 2.24) is 15.3 Å². The smallest absolute Gasteiger partial charge is 0.251 e. The zero-order chi connectivity index (χ0) is 17.3. The maximum Gasteiger partial charge on any atom is 0.251 e. The number of rotatable bonds is 4. The van der Waals surface area contributed by atoms with Crippen molar-refractivity contribution in [3.8, 4) is 0 Å². The molecule has 2 aromatic carbocycles. The number of carbonyl (C=O) groups is 1. The Morgan fingerprint density at radius 1 is 1.21 bits per heavy atom. The first-order chi connectivity index (χ1) is 11.5. The maximum absolute atomic E-state index is 13.7. The Morgan fingerprint density at radius 3 is 2.62 bits per heavy atom. The van der Waals surface area contributed by atoms with Crippen LogP contribution < -0.4 is 5.32 Å². The van der Waals surface area contributed by atoms with Gasteiger partial charge in [-0.15, -0.1) is 0 Å². The molecule has 1 amide bonds. The monoisotopic (exact) mass is 325 g/mol. The highest BCUT2D eigenvalue weighted by Crippen LogP contribution is 2.23. The molecule has 0 aliphatic carbocycles. The highest BCUT2D eigenvalue weighted by molar-refractivity contribution is 5.94. The molecule has 0 bridgehead atoms. The molecule has 1 atom stereocenters. The molecule has 3 aromatic rings. The van der Waals surface area contributed by atoms with Crippen molar-refractivity contribution in [3.63, 3.8) is 0 Å². The summed E-state index contributed by atoms with van der Waals surface area (Å²) >= 11 is 0. The molecule has 124 valence electrons. The number of carbonyl (C=O) groups excluding carboxylic acids is 1. The summed E-state index contributed by atoms with van der Waals surface area (Å²) in [6.45, 7) is 5.68. The van der Waals surface area contributed by atoms with Gasteiger partial charge in [0.1, 0.15) is 11.6 Å². The van der Waals surface area contributed by atoms with Gasteiger partial charge in [-0.05, 0) is 42.7 Å². The number of amides is 1. The summed E-state index contributed by atoms with van der Waals surface area (Å²) in [7, 11) is 0. The molecule has 1 heterocycles. The first kappa shape index (κ1) is 16.2. The minimum Gasteiger partial charge on any atom is -0.342 e. The molecule has 0 saturated heterocycles. The van der Waals surface area contributed by atoms with E-state index in [1.54, 1.807) is 19.1 Å². The van der Waals surface area contributed by atoms with Gasteiger partial charge < -0.3 is 10.3 Å². The van der Waals surface area contributed by atoms with Gasteiger partial charge in [0.15, 0.2) is 0 Å². The van der Waals surface area contributed by atoms with Gasteiger partial charge in [-0.25, -0.2) is 9.37 Å². The molecule has 0 unspecified atom stereocenters. The lowest BCUT2D eigenvalue weighted by atomic mass is 10.0. The number of hydrogen-bond donors (Lipinski definition) is 2. The Morgan fingerprint density at radius 2 is 1.96 bits per heavy atom. The van der Waals surface area contributed by atoms with Gasteiger partial charge in [-0.2, -0.15) is 0 Å². The number of para-hydroxylation sites is 2. The van der Waals surface area contributed by atoms with E-state index in [1.807, 2.05) is 38.1 Å². The van der Waals surface area contributed by atoms with Gasteiger partial charge in [-0.3, -0.25) is 4.79 Å². The number of benzene rings is 2. The van der Waals surface area contributed by atoms with Crippen LogP contribution in [0.1, 0.15) is 41.6 Å². The van der Waals surface area contributed by atoms with Crippen molar-refractivity contribution in [3.05, 3.63) is 65.2 Å². The first-order valence-electron chi connectivity index (χ1n) is 7.97. The van der Waals surface area contributed by atoms with Gasteiger partial charge in [-0.1, -0.05) is 32.0 Å². The number of aromatic nitrogens is 2. The molecular weight excluding hydrogens is 305 g/mol. The topological polar surface area (TPSA) is 57.8 Å². The van der Waals surface area contributed by atoms with Crippen molar-refractivity contribution in [2.45, 2.75) is 26.8 Å². The Hall–Kier alpha value is -2.69. The summed E-state index contributed by atoms with van der Waals surface area (Å²) in [6.07, 6.45) is 0. The highest BCUT2D eigenvalue weighted by atomic mass is 19.1. The molecule has 0 aliphatic rings. The maximum atomic E-state index is 13.7. The fourth-order valence-corrected chi connectivity index (χ4v) is 2.63. The highest BCUT2D eigenvalue weighted by Gasteiger charge is 2.22. The van der Waals surface area contributed by atoms with Crippen LogP contribution in [0.15, 0.2) is 42.5 Å². The fraction of sp³-hybridized carbons (Fsp3) is 0.263. The lowest BCUT2D eigenvalue weighted by molar-refractivity contribution is 0.0923. The summed E-state index contributed by atoms with van der Waals surface area (Å²) in [5, 5.41) is 2.96. The lowest BCUT2D eigenvalue weighted by Gasteiger charge is -2.20. The fourth-order valence-electron chi connectivity index (χ4n) is 2.63. The zero-order valence-electron chi connectivity index (χ0n) is 13.9. The molecule has 0 saturated carbocycles. The number of aryl methyl sites for hydroxylation is 1. The Balaban J connectivity index is 1.88. The van der Waals surface area contributed by atoms with Gasteiger partial charge in [0, 0.05) is 5.56 Å². The largest absolute Gasteiger partial charge is 0.342 e. The van der Waals surface area contributed by atoms with Crippen LogP contribution in [0.2, 0.25) is 0 Å². The predicted molar refractivity (Wildman–Crippen MR) is 92.3 cm³/mol. The number of nitrogens with one attached hydrogen (secondary N) is 2. The van der Waals surface area contributed by atoms with E-state index in [9.17, 15) is 9.18 Å². The summed E-state index contributed by atoms with van der Waals surface area (Å²) in [5.74, 6) is 0.137. The van der Waals surface area contributed by atoms with Gasteiger partial charge in [0.2, 0.25) is 0 Å². The Bertz CT molecular complexity index is 852. The number of fused-ring (bicyclic) bond motifs is 1. The average molecular weight is 325 g/mol. The molecule has 0 spiro atoms. The van der Waals surface area contributed by atoms with Crippen molar-refractivity contribution in [2.24, 2.45) is 5.92 Å². The van der Waals surface area contributed by atoms with Crippen molar-refractivity contribution >= 4 is 16.9 Å². The van der Waals surface area contributed by atoms with Crippen molar-refractivity contribution in [1.29, 1.82) is 0 Å². The number of imidazole rings is 1. The molecule has 0 radical (unpaired) electrons. The number of aromatic amines is 1. The number of hydrogen-bond acceptors (Lipinski definition) is 2. The van der Waals surface area contributed by atoms with Crippen LogP contribution >= 0.6 is 0 Å². The molecular formula is C19H20FN3O. The second-order valence-electron chi connectivity index (χ2n) is 6.30. The quantitative estimate of drug-likeness (QED) is 0.757. The minimum atomic E-state index is -0.382. The van der Waals surface area contributed by atoms with Gasteiger partial charge in [0.05, 0.1) is 17.1 Å². The Kier molecular flexibility index (Phi) is 4.34. The van der Waals surface area contributed by atoms with Crippen LogP contribution in [0.25, 0.3) is 11.0 Å². The standard InChI is InChI=1S/C19H20FN3O/c1-11(2)17(18-21-15-6-4-5-7-16(15)22-18)23-19(24)13-9-8-12(3)14(20)10-13/h4-11,17H,1-3H3,(H,21,22)(H,23,24)/t17-/m1/s1. The second kappa shape index (κ2) is 6.43.